The normalized spacial score (nSPS) is 47.8. The van der Waals surface area contributed by atoms with Gasteiger partial charge in [-0.1, -0.05) is 20.1 Å². The Morgan fingerprint density at radius 2 is 2.10 bits per heavy atom. The van der Waals surface area contributed by atoms with Crippen molar-refractivity contribution in [3.8, 4) is 0 Å². The van der Waals surface area contributed by atoms with Gasteiger partial charge in [0.2, 0.25) is 0 Å². The van der Waals surface area contributed by atoms with Crippen LogP contribution >= 0.6 is 0 Å². The number of carbonyl (C=O) groups excluding carboxylic acids is 1. The fourth-order valence-electron chi connectivity index (χ4n) is 4.12. The number of aliphatic hydroxyl groups is 1. The fraction of sp³-hybridized carbons (Fsp3) is 0.667. The van der Waals surface area contributed by atoms with Crippen LogP contribution in [0.4, 0.5) is 0 Å². The van der Waals surface area contributed by atoms with Crippen molar-refractivity contribution < 1.29 is 24.8 Å². The van der Waals surface area contributed by atoms with Crippen LogP contribution in [0.25, 0.3) is 0 Å². The highest BCUT2D eigenvalue weighted by Gasteiger charge is 2.62. The molecule has 0 aromatic carbocycles. The molecule has 0 radical (unpaired) electrons. The summed E-state index contributed by atoms with van der Waals surface area (Å²) in [4.78, 5) is 16.1. The van der Waals surface area contributed by atoms with Crippen molar-refractivity contribution in [2.24, 2.45) is 11.3 Å². The standard InChI is InChI=1S/C15H20O5/c1-8-10-6-15(17)9(2)11(20-18)4-5-14(15,3)7-12(10)19-13(8)16/h10-12,17-18H,1-2,4-7H2,3H3. The van der Waals surface area contributed by atoms with Crippen LogP contribution in [0, 0.1) is 11.3 Å². The molecule has 0 bridgehead atoms. The number of rotatable bonds is 1. The van der Waals surface area contributed by atoms with Crippen molar-refractivity contribution in [1.29, 1.82) is 0 Å². The monoisotopic (exact) mass is 280 g/mol. The van der Waals surface area contributed by atoms with Crippen molar-refractivity contribution in [2.75, 3.05) is 0 Å². The quantitative estimate of drug-likeness (QED) is 0.252. The van der Waals surface area contributed by atoms with Gasteiger partial charge in [0.15, 0.2) is 0 Å². The molecule has 5 heteroatoms. The summed E-state index contributed by atoms with van der Waals surface area (Å²) in [5, 5.41) is 20.1. The predicted octanol–water partition coefficient (Wildman–Crippen LogP) is 1.82. The van der Waals surface area contributed by atoms with E-state index in [9.17, 15) is 9.90 Å². The molecule has 0 aromatic heterocycles. The van der Waals surface area contributed by atoms with E-state index in [-0.39, 0.29) is 18.0 Å². The summed E-state index contributed by atoms with van der Waals surface area (Å²) in [5.41, 5.74) is -0.688. The molecule has 3 rings (SSSR count). The third-order valence-corrected chi connectivity index (χ3v) is 5.59. The van der Waals surface area contributed by atoms with Crippen LogP contribution in [0.3, 0.4) is 0 Å². The van der Waals surface area contributed by atoms with Gasteiger partial charge in [-0.25, -0.2) is 9.68 Å². The van der Waals surface area contributed by atoms with E-state index in [1.165, 1.54) is 0 Å². The van der Waals surface area contributed by atoms with Gasteiger partial charge in [-0.15, -0.1) is 0 Å². The van der Waals surface area contributed by atoms with Crippen LogP contribution in [0.2, 0.25) is 0 Å². The smallest absolute Gasteiger partial charge is 0.334 e. The zero-order valence-corrected chi connectivity index (χ0v) is 11.6. The Balaban J connectivity index is 1.98. The second-order valence-electron chi connectivity index (χ2n) is 6.56. The van der Waals surface area contributed by atoms with E-state index in [2.05, 4.69) is 18.0 Å². The van der Waals surface area contributed by atoms with Crippen molar-refractivity contribution >= 4 is 5.97 Å². The Kier molecular flexibility index (Phi) is 2.87. The molecule has 3 fully saturated rings. The van der Waals surface area contributed by atoms with Crippen LogP contribution in [0.5, 0.6) is 0 Å². The minimum absolute atomic E-state index is 0.185. The molecule has 1 aliphatic heterocycles. The first kappa shape index (κ1) is 13.8. The van der Waals surface area contributed by atoms with Crippen LogP contribution in [-0.2, 0) is 14.4 Å². The van der Waals surface area contributed by atoms with Gasteiger partial charge < -0.3 is 9.84 Å². The largest absolute Gasteiger partial charge is 0.458 e. The molecule has 110 valence electrons. The maximum atomic E-state index is 11.7. The molecule has 5 atom stereocenters. The first-order valence-corrected chi connectivity index (χ1v) is 6.94. The van der Waals surface area contributed by atoms with E-state index < -0.39 is 17.1 Å². The Labute approximate surface area is 117 Å². The SMILES string of the molecule is C=C1C(=O)OC2CC3(C)CCC(OO)C(=C)C3(O)CC12. The Morgan fingerprint density at radius 1 is 1.40 bits per heavy atom. The lowest BCUT2D eigenvalue weighted by atomic mass is 9.52. The molecule has 0 aromatic rings. The van der Waals surface area contributed by atoms with Gasteiger partial charge in [0.25, 0.3) is 0 Å². The molecule has 5 unspecified atom stereocenters. The average Bonchev–Trinajstić information content (AvgIpc) is 2.65. The number of fused-ring (bicyclic) bond motifs is 2. The topological polar surface area (TPSA) is 76.0 Å². The van der Waals surface area contributed by atoms with Crippen molar-refractivity contribution in [2.45, 2.75) is 50.4 Å². The van der Waals surface area contributed by atoms with Crippen LogP contribution < -0.4 is 0 Å². The maximum absolute atomic E-state index is 11.7. The third-order valence-electron chi connectivity index (χ3n) is 5.59. The van der Waals surface area contributed by atoms with Crippen LogP contribution in [-0.4, -0.2) is 34.1 Å². The summed E-state index contributed by atoms with van der Waals surface area (Å²) >= 11 is 0. The van der Waals surface area contributed by atoms with E-state index in [4.69, 9.17) is 9.99 Å². The number of esters is 1. The lowest BCUT2D eigenvalue weighted by Crippen LogP contribution is -2.60. The first-order valence-electron chi connectivity index (χ1n) is 6.94. The van der Waals surface area contributed by atoms with E-state index >= 15 is 0 Å². The summed E-state index contributed by atoms with van der Waals surface area (Å²) in [7, 11) is 0. The number of hydrogen-bond donors (Lipinski definition) is 2. The minimum atomic E-state index is -1.17. The summed E-state index contributed by atoms with van der Waals surface area (Å²) in [6.07, 6.45) is 1.44. The van der Waals surface area contributed by atoms with Crippen molar-refractivity contribution in [3.05, 3.63) is 24.3 Å². The number of carbonyl (C=O) groups is 1. The molecule has 0 amide bonds. The molecule has 1 saturated heterocycles. The Hall–Kier alpha value is -1.17. The molecule has 2 N–H and O–H groups in total. The molecule has 0 spiro atoms. The Bertz CT molecular complexity index is 498. The van der Waals surface area contributed by atoms with Crippen molar-refractivity contribution in [1.82, 2.24) is 0 Å². The minimum Gasteiger partial charge on any atom is -0.458 e. The molecular formula is C15H20O5. The van der Waals surface area contributed by atoms with E-state index in [1.54, 1.807) is 0 Å². The van der Waals surface area contributed by atoms with Gasteiger partial charge in [-0.2, -0.15) is 0 Å². The highest BCUT2D eigenvalue weighted by atomic mass is 17.1. The molecule has 2 saturated carbocycles. The highest BCUT2D eigenvalue weighted by molar-refractivity contribution is 5.91. The van der Waals surface area contributed by atoms with E-state index in [1.807, 2.05) is 6.92 Å². The first-order chi connectivity index (χ1) is 9.32. The highest BCUT2D eigenvalue weighted by Crippen LogP contribution is 2.59. The second-order valence-corrected chi connectivity index (χ2v) is 6.56. The summed E-state index contributed by atoms with van der Waals surface area (Å²) in [5.74, 6) is -0.554. The molecule has 2 aliphatic carbocycles. The van der Waals surface area contributed by atoms with Gasteiger partial charge in [-0.05, 0) is 31.3 Å². The molecule has 1 heterocycles. The summed E-state index contributed by atoms with van der Waals surface area (Å²) in [6.45, 7) is 9.70. The lowest BCUT2D eigenvalue weighted by Gasteiger charge is -2.56. The zero-order chi connectivity index (χ0) is 14.7. The zero-order valence-electron chi connectivity index (χ0n) is 11.6. The molecule has 3 aliphatic rings. The van der Waals surface area contributed by atoms with Crippen LogP contribution in [0.15, 0.2) is 24.3 Å². The van der Waals surface area contributed by atoms with Crippen LogP contribution in [0.1, 0.15) is 32.6 Å². The van der Waals surface area contributed by atoms with Gasteiger partial charge in [0.1, 0.15) is 12.2 Å². The van der Waals surface area contributed by atoms with Gasteiger partial charge in [0.05, 0.1) is 5.60 Å². The Morgan fingerprint density at radius 3 is 2.75 bits per heavy atom. The predicted molar refractivity (Wildman–Crippen MR) is 70.7 cm³/mol. The molecular weight excluding hydrogens is 260 g/mol. The van der Waals surface area contributed by atoms with Gasteiger partial charge >= 0.3 is 5.97 Å². The third kappa shape index (κ3) is 1.57. The summed E-state index contributed by atoms with van der Waals surface area (Å²) in [6, 6.07) is 0. The van der Waals surface area contributed by atoms with E-state index in [0.717, 1.165) is 0 Å². The summed E-state index contributed by atoms with van der Waals surface area (Å²) < 4.78 is 5.37. The fourth-order valence-corrected chi connectivity index (χ4v) is 4.12. The van der Waals surface area contributed by atoms with Crippen molar-refractivity contribution in [3.63, 3.8) is 0 Å². The van der Waals surface area contributed by atoms with E-state index in [0.29, 0.717) is 36.8 Å². The number of ether oxygens (including phenoxy) is 1. The van der Waals surface area contributed by atoms with Gasteiger partial charge in [-0.3, -0.25) is 5.26 Å². The lowest BCUT2D eigenvalue weighted by molar-refractivity contribution is -0.287. The number of hydrogen-bond acceptors (Lipinski definition) is 5. The van der Waals surface area contributed by atoms with Gasteiger partial charge in [0, 0.05) is 16.9 Å². The molecule has 20 heavy (non-hydrogen) atoms. The second kappa shape index (κ2) is 4.16. The maximum Gasteiger partial charge on any atom is 0.334 e. The molecule has 5 nitrogen and oxygen atoms in total. The average molecular weight is 280 g/mol.